The van der Waals surface area contributed by atoms with Crippen LogP contribution in [0, 0.1) is 0 Å². The number of sulfonamides is 1. The van der Waals surface area contributed by atoms with Crippen molar-refractivity contribution in [2.45, 2.75) is 23.4 Å². The van der Waals surface area contributed by atoms with Crippen molar-refractivity contribution >= 4 is 44.1 Å². The summed E-state index contributed by atoms with van der Waals surface area (Å²) in [5.41, 5.74) is 2.00. The van der Waals surface area contributed by atoms with Gasteiger partial charge in [-0.2, -0.15) is 4.31 Å². The Labute approximate surface area is 254 Å². The summed E-state index contributed by atoms with van der Waals surface area (Å²) >= 11 is 1.50. The molecule has 0 saturated carbocycles. The maximum absolute atomic E-state index is 14.2. The lowest BCUT2D eigenvalue weighted by Crippen LogP contribution is -2.61. The van der Waals surface area contributed by atoms with Crippen molar-refractivity contribution in [3.63, 3.8) is 0 Å². The van der Waals surface area contributed by atoms with Crippen LogP contribution in [0.4, 0.5) is 0 Å². The first-order chi connectivity index (χ1) is 20.9. The second-order valence-corrected chi connectivity index (χ2v) is 13.2. The Morgan fingerprint density at radius 1 is 0.860 bits per heavy atom. The number of nitrogens with one attached hydrogen (secondary N) is 1. The molecule has 1 fully saturated rings. The highest BCUT2D eigenvalue weighted by molar-refractivity contribution is 7.89. The van der Waals surface area contributed by atoms with E-state index in [1.807, 2.05) is 78.2 Å². The molecule has 0 aliphatic carbocycles. The average molecular weight is 611 g/mol. The van der Waals surface area contributed by atoms with E-state index in [1.54, 1.807) is 35.4 Å². The van der Waals surface area contributed by atoms with Crippen LogP contribution in [-0.4, -0.2) is 60.1 Å². The lowest BCUT2D eigenvalue weighted by atomic mass is 9.89. The average Bonchev–Trinajstić information content (AvgIpc) is 3.58. The minimum Gasteiger partial charge on any atom is -0.350 e. The van der Waals surface area contributed by atoms with Gasteiger partial charge in [-0.05, 0) is 34.7 Å². The Balaban J connectivity index is 1.35. The first-order valence-electron chi connectivity index (χ1n) is 14.0. The first-order valence-corrected chi connectivity index (χ1v) is 16.3. The maximum Gasteiger partial charge on any atom is 0.246 e. The molecule has 2 amide bonds. The molecule has 1 saturated heterocycles. The Hall–Kier alpha value is -4.38. The summed E-state index contributed by atoms with van der Waals surface area (Å²) in [5.74, 6) is -1.24. The molecule has 2 aromatic heterocycles. The predicted molar refractivity (Wildman–Crippen MR) is 167 cm³/mol. The molecule has 10 heteroatoms. The highest BCUT2D eigenvalue weighted by atomic mass is 32.2. The number of rotatable bonds is 8. The number of carbonyl (C=O) groups excluding carboxylic acids is 2. The smallest absolute Gasteiger partial charge is 0.246 e. The largest absolute Gasteiger partial charge is 0.350 e. The number of benzene rings is 3. The van der Waals surface area contributed by atoms with Crippen molar-refractivity contribution in [3.05, 3.63) is 131 Å². The molecule has 6 rings (SSSR count). The normalized spacial score (nSPS) is 15.9. The van der Waals surface area contributed by atoms with Gasteiger partial charge in [0.05, 0.1) is 18.0 Å². The van der Waals surface area contributed by atoms with Gasteiger partial charge in [-0.15, -0.1) is 11.3 Å². The second-order valence-electron chi connectivity index (χ2n) is 10.3. The second kappa shape index (κ2) is 12.5. The maximum atomic E-state index is 14.2. The molecule has 1 aliphatic rings. The number of carbonyl (C=O) groups is 2. The summed E-state index contributed by atoms with van der Waals surface area (Å²) in [4.78, 5) is 34.9. The molecule has 43 heavy (non-hydrogen) atoms. The molecule has 3 aromatic carbocycles. The topological polar surface area (TPSA) is 99.7 Å². The molecular weight excluding hydrogens is 581 g/mol. The lowest BCUT2D eigenvalue weighted by molar-refractivity contribution is -0.136. The molecule has 3 heterocycles. The van der Waals surface area contributed by atoms with Crippen LogP contribution >= 0.6 is 11.3 Å². The van der Waals surface area contributed by atoms with Gasteiger partial charge in [0, 0.05) is 36.1 Å². The molecule has 1 aliphatic heterocycles. The fraction of sp³-hybridized carbons (Fsp3) is 0.182. The van der Waals surface area contributed by atoms with Gasteiger partial charge in [-0.3, -0.25) is 14.6 Å². The van der Waals surface area contributed by atoms with Crippen molar-refractivity contribution in [1.82, 2.24) is 19.5 Å². The number of pyridine rings is 1. The number of thiophene rings is 1. The Morgan fingerprint density at radius 2 is 1.56 bits per heavy atom. The number of para-hydroxylation sites is 1. The van der Waals surface area contributed by atoms with E-state index < -0.39 is 27.9 Å². The van der Waals surface area contributed by atoms with Crippen LogP contribution < -0.4 is 5.32 Å². The number of piperazine rings is 1. The number of fused-ring (bicyclic) bond motifs is 1. The van der Waals surface area contributed by atoms with Gasteiger partial charge < -0.3 is 10.2 Å². The predicted octanol–water partition coefficient (Wildman–Crippen LogP) is 4.65. The van der Waals surface area contributed by atoms with Crippen LogP contribution in [0.15, 0.2) is 120 Å². The number of nitrogens with zero attached hydrogens (tertiary/aromatic N) is 3. The van der Waals surface area contributed by atoms with Crippen LogP contribution in [0.1, 0.15) is 21.9 Å². The third kappa shape index (κ3) is 5.94. The van der Waals surface area contributed by atoms with Crippen LogP contribution in [0.3, 0.4) is 0 Å². The minimum atomic E-state index is -4.15. The van der Waals surface area contributed by atoms with E-state index in [-0.39, 0.29) is 37.0 Å². The number of aromatic nitrogens is 1. The van der Waals surface area contributed by atoms with E-state index in [0.717, 1.165) is 16.0 Å². The third-order valence-corrected chi connectivity index (χ3v) is 10.5. The summed E-state index contributed by atoms with van der Waals surface area (Å²) in [6.07, 6.45) is 1.55. The molecule has 0 radical (unpaired) electrons. The van der Waals surface area contributed by atoms with Crippen LogP contribution in [-0.2, 0) is 26.2 Å². The van der Waals surface area contributed by atoms with Crippen LogP contribution in [0.2, 0.25) is 0 Å². The zero-order valence-electron chi connectivity index (χ0n) is 23.2. The number of hydrogen-bond acceptors (Lipinski definition) is 6. The number of hydrogen-bond donors (Lipinski definition) is 1. The van der Waals surface area contributed by atoms with Gasteiger partial charge in [0.2, 0.25) is 21.8 Å². The SMILES string of the molecule is O=C(NCc1cccs1)C1CN(C(=O)C(c2ccccc2)c2ccccc2)CCN1S(=O)(=O)c1cccc2cccnc12. The van der Waals surface area contributed by atoms with Crippen molar-refractivity contribution in [3.8, 4) is 0 Å². The highest BCUT2D eigenvalue weighted by Crippen LogP contribution is 2.31. The van der Waals surface area contributed by atoms with Gasteiger partial charge >= 0.3 is 0 Å². The Morgan fingerprint density at radius 3 is 2.23 bits per heavy atom. The van der Waals surface area contributed by atoms with Crippen molar-refractivity contribution in [2.75, 3.05) is 19.6 Å². The highest BCUT2D eigenvalue weighted by Gasteiger charge is 2.43. The lowest BCUT2D eigenvalue weighted by Gasteiger charge is -2.40. The van der Waals surface area contributed by atoms with Gasteiger partial charge in [0.1, 0.15) is 10.9 Å². The molecule has 5 aromatic rings. The van der Waals surface area contributed by atoms with E-state index in [9.17, 15) is 18.0 Å². The van der Waals surface area contributed by atoms with Gasteiger partial charge in [0.25, 0.3) is 0 Å². The molecule has 1 N–H and O–H groups in total. The monoisotopic (exact) mass is 610 g/mol. The zero-order chi connectivity index (χ0) is 29.8. The van der Waals surface area contributed by atoms with Crippen molar-refractivity contribution in [1.29, 1.82) is 0 Å². The number of amides is 2. The summed E-state index contributed by atoms with van der Waals surface area (Å²) in [6, 6.07) is 30.2. The fourth-order valence-electron chi connectivity index (χ4n) is 5.53. The van der Waals surface area contributed by atoms with Crippen LogP contribution in [0.25, 0.3) is 10.9 Å². The molecule has 218 valence electrons. The molecule has 1 atom stereocenters. The van der Waals surface area contributed by atoms with E-state index in [4.69, 9.17) is 0 Å². The molecule has 0 bridgehead atoms. The summed E-state index contributed by atoms with van der Waals surface area (Å²) in [6.45, 7) is 0.288. The third-order valence-electron chi connectivity index (χ3n) is 7.66. The molecular formula is C33H30N4O4S2. The van der Waals surface area contributed by atoms with Crippen molar-refractivity contribution in [2.24, 2.45) is 0 Å². The van der Waals surface area contributed by atoms with E-state index in [2.05, 4.69) is 10.3 Å². The summed E-state index contributed by atoms with van der Waals surface area (Å²) in [7, 11) is -4.15. The first kappa shape index (κ1) is 28.7. The Bertz CT molecular complexity index is 1790. The molecule has 1 unspecified atom stereocenters. The van der Waals surface area contributed by atoms with Gasteiger partial charge in [-0.25, -0.2) is 8.42 Å². The fourth-order valence-corrected chi connectivity index (χ4v) is 7.92. The van der Waals surface area contributed by atoms with Gasteiger partial charge in [-0.1, -0.05) is 84.9 Å². The van der Waals surface area contributed by atoms with Crippen molar-refractivity contribution < 1.29 is 18.0 Å². The van der Waals surface area contributed by atoms with E-state index >= 15 is 0 Å². The van der Waals surface area contributed by atoms with E-state index in [0.29, 0.717) is 10.9 Å². The molecule has 8 nitrogen and oxygen atoms in total. The van der Waals surface area contributed by atoms with Crippen LogP contribution in [0.5, 0.6) is 0 Å². The summed E-state index contributed by atoms with van der Waals surface area (Å²) < 4.78 is 29.6. The minimum absolute atomic E-state index is 0.0351. The zero-order valence-corrected chi connectivity index (χ0v) is 24.9. The summed E-state index contributed by atoms with van der Waals surface area (Å²) in [5, 5.41) is 5.51. The van der Waals surface area contributed by atoms with E-state index in [1.165, 1.54) is 21.7 Å². The standard InChI is InChI=1S/C33H30N4O4S2/c38-32(35-22-27-16-9-21-42-27)28-23-36(33(39)30(24-10-3-1-4-11-24)25-12-5-2-6-13-25)19-20-37(28)43(40,41)29-17-7-14-26-15-8-18-34-31(26)29/h1-18,21,28,30H,19-20,22-23H2,(H,35,38). The quantitative estimate of drug-likeness (QED) is 0.276. The van der Waals surface area contributed by atoms with Gasteiger partial charge in [0.15, 0.2) is 0 Å². The Kier molecular flexibility index (Phi) is 8.33. The molecule has 0 spiro atoms.